The first-order valence-corrected chi connectivity index (χ1v) is 6.87. The molecule has 17 heavy (non-hydrogen) atoms. The minimum Gasteiger partial charge on any atom is -0.216 e. The summed E-state index contributed by atoms with van der Waals surface area (Å²) in [6, 6.07) is 2.81. The zero-order chi connectivity index (χ0) is 13.3. The van der Waals surface area contributed by atoms with E-state index in [4.69, 9.17) is 0 Å². The van der Waals surface area contributed by atoms with Crippen molar-refractivity contribution >= 4 is 25.8 Å². The minimum atomic E-state index is -4.44. The van der Waals surface area contributed by atoms with Crippen LogP contribution in [-0.2, 0) is 16.0 Å². The monoisotopic (exact) mass is 326 g/mol. The van der Waals surface area contributed by atoms with Gasteiger partial charge in [0, 0.05) is 15.3 Å². The number of benzene rings is 1. The molecule has 0 amide bonds. The quantitative estimate of drug-likeness (QED) is 0.687. The molecule has 0 aliphatic carbocycles. The van der Waals surface area contributed by atoms with Gasteiger partial charge < -0.3 is 0 Å². The lowest BCUT2D eigenvalue weighted by Gasteiger charge is -2.07. The van der Waals surface area contributed by atoms with Gasteiger partial charge in [-0.3, -0.25) is 0 Å². The summed E-state index contributed by atoms with van der Waals surface area (Å²) in [5.41, 5.74) is -0.641. The Kier molecular flexibility index (Phi) is 3.89. The van der Waals surface area contributed by atoms with Crippen molar-refractivity contribution < 1.29 is 21.6 Å². The molecule has 1 aromatic carbocycles. The molecule has 0 spiro atoms. The summed E-state index contributed by atoms with van der Waals surface area (Å²) in [4.78, 5) is 0. The van der Waals surface area contributed by atoms with Gasteiger partial charge in [-0.1, -0.05) is 0 Å². The number of rotatable bonds is 0. The first-order valence-electron chi connectivity index (χ1n) is 4.19. The van der Waals surface area contributed by atoms with Crippen LogP contribution in [0.4, 0.5) is 13.2 Å². The Balaban J connectivity index is 3.19. The van der Waals surface area contributed by atoms with Crippen LogP contribution in [0.15, 0.2) is 22.7 Å². The van der Waals surface area contributed by atoms with Crippen LogP contribution in [0.2, 0.25) is 0 Å². The Morgan fingerprint density at radius 1 is 1.29 bits per heavy atom. The zero-order valence-electron chi connectivity index (χ0n) is 8.47. The van der Waals surface area contributed by atoms with Crippen LogP contribution >= 0.6 is 15.9 Å². The van der Waals surface area contributed by atoms with Gasteiger partial charge in [-0.15, -0.1) is 0 Å². The summed E-state index contributed by atoms with van der Waals surface area (Å²) in [6.45, 7) is 0. The van der Waals surface area contributed by atoms with Crippen molar-refractivity contribution in [3.8, 4) is 11.2 Å². The van der Waals surface area contributed by atoms with E-state index in [0.717, 1.165) is 24.5 Å². The Labute approximate surface area is 105 Å². The second kappa shape index (κ2) is 4.70. The molecule has 0 aromatic heterocycles. The molecule has 0 aliphatic rings. The van der Waals surface area contributed by atoms with Crippen molar-refractivity contribution in [2.45, 2.75) is 6.18 Å². The maximum Gasteiger partial charge on any atom is 0.416 e. The van der Waals surface area contributed by atoms with Crippen LogP contribution in [-0.4, -0.2) is 14.7 Å². The Morgan fingerprint density at radius 2 is 1.88 bits per heavy atom. The van der Waals surface area contributed by atoms with E-state index in [9.17, 15) is 21.6 Å². The van der Waals surface area contributed by atoms with Crippen LogP contribution in [0, 0.1) is 11.2 Å². The molecule has 1 aromatic rings. The summed E-state index contributed by atoms with van der Waals surface area (Å²) in [6.07, 6.45) is -3.52. The molecule has 0 aliphatic heterocycles. The zero-order valence-corrected chi connectivity index (χ0v) is 10.9. The van der Waals surface area contributed by atoms with E-state index >= 15 is 0 Å². The predicted molar refractivity (Wildman–Crippen MR) is 60.9 cm³/mol. The van der Waals surface area contributed by atoms with Gasteiger partial charge in [0.1, 0.15) is 0 Å². The Bertz CT molecular complexity index is 594. The molecule has 92 valence electrons. The summed E-state index contributed by atoms with van der Waals surface area (Å²) in [5.74, 6) is 2.28. The van der Waals surface area contributed by atoms with E-state index in [2.05, 4.69) is 21.9 Å². The standard InChI is InChI=1S/C10H6BrF3O2S/c1-17(15,16)5-4-7-2-3-8(6-9(7)11)10(12,13)14/h2-3,6H,1H3. The fraction of sp³-hybridized carbons (Fsp3) is 0.200. The molecule has 0 unspecified atom stereocenters. The molecule has 0 fully saturated rings. The van der Waals surface area contributed by atoms with Gasteiger partial charge in [0.2, 0.25) is 9.84 Å². The lowest BCUT2D eigenvalue weighted by molar-refractivity contribution is -0.137. The topological polar surface area (TPSA) is 34.1 Å². The van der Waals surface area contributed by atoms with Crippen molar-refractivity contribution in [2.75, 3.05) is 6.26 Å². The van der Waals surface area contributed by atoms with Crippen LogP contribution in [0.5, 0.6) is 0 Å². The molecule has 0 radical (unpaired) electrons. The van der Waals surface area contributed by atoms with Crippen LogP contribution in [0.3, 0.4) is 0 Å². The normalized spacial score (nSPS) is 11.8. The van der Waals surface area contributed by atoms with Crippen molar-refractivity contribution in [1.82, 2.24) is 0 Å². The molecule has 0 atom stereocenters. The van der Waals surface area contributed by atoms with Gasteiger partial charge in [-0.25, -0.2) is 8.42 Å². The lowest BCUT2D eigenvalue weighted by Crippen LogP contribution is -2.04. The van der Waals surface area contributed by atoms with E-state index in [1.807, 2.05) is 5.25 Å². The largest absolute Gasteiger partial charge is 0.416 e. The Hall–Kier alpha value is -1.00. The van der Waals surface area contributed by atoms with Crippen LogP contribution in [0.25, 0.3) is 0 Å². The molecule has 2 nitrogen and oxygen atoms in total. The first kappa shape index (κ1) is 14.1. The molecule has 0 bridgehead atoms. The Morgan fingerprint density at radius 3 is 2.29 bits per heavy atom. The molecular formula is C10H6BrF3O2S. The molecular weight excluding hydrogens is 321 g/mol. The molecule has 0 heterocycles. The highest BCUT2D eigenvalue weighted by atomic mass is 79.9. The average Bonchev–Trinajstić information content (AvgIpc) is 2.12. The van der Waals surface area contributed by atoms with Crippen molar-refractivity contribution in [1.29, 1.82) is 0 Å². The minimum absolute atomic E-state index is 0.100. The highest BCUT2D eigenvalue weighted by Crippen LogP contribution is 2.31. The third-order valence-electron chi connectivity index (χ3n) is 1.67. The average molecular weight is 327 g/mol. The highest BCUT2D eigenvalue weighted by molar-refractivity contribution is 9.10. The van der Waals surface area contributed by atoms with E-state index in [-0.39, 0.29) is 10.0 Å². The number of sulfone groups is 1. The van der Waals surface area contributed by atoms with Crippen LogP contribution < -0.4 is 0 Å². The molecule has 0 N–H and O–H groups in total. The van der Waals surface area contributed by atoms with Gasteiger partial charge in [0.05, 0.1) is 11.8 Å². The van der Waals surface area contributed by atoms with E-state index in [1.54, 1.807) is 0 Å². The van der Waals surface area contributed by atoms with Gasteiger partial charge in [-0.05, 0) is 40.0 Å². The third kappa shape index (κ3) is 4.40. The lowest BCUT2D eigenvalue weighted by atomic mass is 10.1. The third-order valence-corrected chi connectivity index (χ3v) is 2.80. The predicted octanol–water partition coefficient (Wildman–Crippen LogP) is 2.82. The number of alkyl halides is 3. The van der Waals surface area contributed by atoms with Crippen molar-refractivity contribution in [3.05, 3.63) is 33.8 Å². The summed E-state index contributed by atoms with van der Waals surface area (Å²) in [7, 11) is -3.48. The van der Waals surface area contributed by atoms with E-state index < -0.39 is 21.6 Å². The SMILES string of the molecule is CS(=O)(=O)C#Cc1ccc(C(F)(F)F)cc1Br. The molecule has 0 saturated carbocycles. The van der Waals surface area contributed by atoms with E-state index in [0.29, 0.717) is 0 Å². The highest BCUT2D eigenvalue weighted by Gasteiger charge is 2.30. The van der Waals surface area contributed by atoms with Crippen molar-refractivity contribution in [3.63, 3.8) is 0 Å². The second-order valence-corrected chi connectivity index (χ2v) is 5.79. The molecule has 7 heteroatoms. The maximum atomic E-state index is 12.3. The van der Waals surface area contributed by atoms with Crippen molar-refractivity contribution in [2.24, 2.45) is 0 Å². The second-order valence-electron chi connectivity index (χ2n) is 3.19. The molecule has 0 saturated heterocycles. The number of hydrogen-bond acceptors (Lipinski definition) is 2. The fourth-order valence-electron chi connectivity index (χ4n) is 0.940. The van der Waals surface area contributed by atoms with Gasteiger partial charge in [-0.2, -0.15) is 13.2 Å². The van der Waals surface area contributed by atoms with Gasteiger partial charge in [0.25, 0.3) is 0 Å². The smallest absolute Gasteiger partial charge is 0.216 e. The summed E-state index contributed by atoms with van der Waals surface area (Å²) in [5, 5.41) is 1.95. The summed E-state index contributed by atoms with van der Waals surface area (Å²) >= 11 is 2.91. The van der Waals surface area contributed by atoms with Gasteiger partial charge >= 0.3 is 6.18 Å². The number of hydrogen-bond donors (Lipinski definition) is 0. The van der Waals surface area contributed by atoms with Crippen LogP contribution in [0.1, 0.15) is 11.1 Å². The first-order chi connectivity index (χ1) is 7.59. The maximum absolute atomic E-state index is 12.3. The molecule has 1 rings (SSSR count). The van der Waals surface area contributed by atoms with Gasteiger partial charge in [0.15, 0.2) is 0 Å². The fourth-order valence-corrected chi connectivity index (χ4v) is 1.71. The summed E-state index contributed by atoms with van der Waals surface area (Å²) < 4.78 is 58.6. The number of halogens is 4. The van der Waals surface area contributed by atoms with E-state index in [1.165, 1.54) is 0 Å².